The van der Waals surface area contributed by atoms with Gasteiger partial charge in [0.2, 0.25) is 0 Å². The van der Waals surface area contributed by atoms with Crippen molar-refractivity contribution in [2.45, 2.75) is 25.3 Å². The van der Waals surface area contributed by atoms with E-state index in [1.165, 1.54) is 0 Å². The Bertz CT molecular complexity index is 1210. The Labute approximate surface area is 213 Å². The summed E-state index contributed by atoms with van der Waals surface area (Å²) in [6, 6.07) is 12.6. The van der Waals surface area contributed by atoms with Gasteiger partial charge in [0.05, 0.1) is 41.2 Å². The summed E-state index contributed by atoms with van der Waals surface area (Å²) in [4.78, 5) is 51.1. The van der Waals surface area contributed by atoms with E-state index >= 15 is 0 Å². The molecule has 0 N–H and O–H groups in total. The van der Waals surface area contributed by atoms with Gasteiger partial charge in [-0.05, 0) is 23.6 Å². The van der Waals surface area contributed by atoms with Crippen molar-refractivity contribution in [3.05, 3.63) is 70.9 Å². The van der Waals surface area contributed by atoms with Gasteiger partial charge in [0.25, 0.3) is 0 Å². The topological polar surface area (TPSA) is 136 Å². The van der Waals surface area contributed by atoms with E-state index in [0.29, 0.717) is 12.1 Å². The van der Waals surface area contributed by atoms with Crippen molar-refractivity contribution in [1.29, 1.82) is 0 Å². The number of benzene rings is 2. The summed E-state index contributed by atoms with van der Waals surface area (Å²) in [7, 11) is 4.54. The fourth-order valence-electron chi connectivity index (χ4n) is 4.03. The molecule has 0 spiro atoms. The van der Waals surface area contributed by atoms with E-state index in [9.17, 15) is 19.2 Å². The van der Waals surface area contributed by atoms with Crippen LogP contribution in [0.3, 0.4) is 0 Å². The van der Waals surface area contributed by atoms with E-state index in [-0.39, 0.29) is 22.4 Å². The summed E-state index contributed by atoms with van der Waals surface area (Å²) in [6.07, 6.45) is 1.59. The third kappa shape index (κ3) is 5.83. The summed E-state index contributed by atoms with van der Waals surface area (Å²) in [5.74, 6) is -6.64. The van der Waals surface area contributed by atoms with Crippen LogP contribution >= 0.6 is 0 Å². The van der Waals surface area contributed by atoms with Crippen molar-refractivity contribution in [2.24, 2.45) is 0 Å². The molecular weight excluding hydrogens is 482 g/mol. The molecule has 0 bridgehead atoms. The van der Waals surface area contributed by atoms with E-state index in [1.807, 2.05) is 30.3 Å². The number of aromatic nitrogens is 3. The molecule has 0 aliphatic heterocycles. The van der Waals surface area contributed by atoms with Gasteiger partial charge in [-0.15, -0.1) is 5.10 Å². The summed E-state index contributed by atoms with van der Waals surface area (Å²) in [6.45, 7) is 2.06. The minimum atomic E-state index is -1.53. The highest BCUT2D eigenvalue weighted by molar-refractivity contribution is 6.05. The zero-order chi connectivity index (χ0) is 27.1. The monoisotopic (exact) mass is 509 g/mol. The first-order chi connectivity index (χ1) is 17.7. The molecule has 3 rings (SSSR count). The van der Waals surface area contributed by atoms with Gasteiger partial charge in [-0.1, -0.05) is 53.2 Å². The van der Waals surface area contributed by atoms with E-state index < -0.39 is 35.7 Å². The number of aryl methyl sites for hydroxylation is 1. The number of carbonyl (C=O) groups is 4. The Balaban J connectivity index is 2.32. The van der Waals surface area contributed by atoms with Crippen molar-refractivity contribution < 1.29 is 38.1 Å². The number of ether oxygens (including phenoxy) is 4. The minimum absolute atomic E-state index is 0.123. The molecule has 0 aliphatic rings. The highest BCUT2D eigenvalue weighted by Gasteiger charge is 2.39. The average Bonchev–Trinajstić information content (AvgIpc) is 3.36. The first-order valence-corrected chi connectivity index (χ1v) is 11.2. The smallest absolute Gasteiger partial charge is 0.324 e. The first-order valence-electron chi connectivity index (χ1n) is 11.2. The van der Waals surface area contributed by atoms with E-state index in [0.717, 1.165) is 34.0 Å². The Morgan fingerprint density at radius 3 is 1.68 bits per heavy atom. The number of rotatable bonds is 9. The molecule has 0 saturated carbocycles. The summed E-state index contributed by atoms with van der Waals surface area (Å²) < 4.78 is 21.1. The number of carbonyl (C=O) groups excluding carboxylic acids is 4. The number of esters is 4. The number of methoxy groups -OCH3 is 4. The second-order valence-electron chi connectivity index (χ2n) is 8.06. The standard InChI is InChI=1S/C26H27N3O8/c1-15-11-17(21(23(30)34-2)24(31)35-3)20(18(12-15)22(25(32)36-4)26(33)37-5)19-14-29(28-27-19)13-16-9-7-6-8-10-16/h6-12,14,21-22H,13H2,1-5H3. The van der Waals surface area contributed by atoms with E-state index in [1.54, 1.807) is 29.9 Å². The molecule has 2 aromatic carbocycles. The van der Waals surface area contributed by atoms with Crippen LogP contribution in [0.25, 0.3) is 11.3 Å². The van der Waals surface area contributed by atoms with Gasteiger partial charge >= 0.3 is 23.9 Å². The molecule has 1 aromatic heterocycles. The van der Waals surface area contributed by atoms with Crippen molar-refractivity contribution in [1.82, 2.24) is 15.0 Å². The van der Waals surface area contributed by atoms with Crippen LogP contribution in [0.15, 0.2) is 48.7 Å². The third-order valence-corrected chi connectivity index (χ3v) is 5.70. The van der Waals surface area contributed by atoms with Gasteiger partial charge in [0.1, 0.15) is 5.69 Å². The van der Waals surface area contributed by atoms with Crippen LogP contribution in [0.4, 0.5) is 0 Å². The predicted octanol–water partition coefficient (Wildman–Crippen LogP) is 2.16. The zero-order valence-corrected chi connectivity index (χ0v) is 21.1. The molecule has 11 heteroatoms. The Morgan fingerprint density at radius 2 is 1.24 bits per heavy atom. The second-order valence-corrected chi connectivity index (χ2v) is 8.06. The predicted molar refractivity (Wildman–Crippen MR) is 129 cm³/mol. The maximum absolute atomic E-state index is 12.8. The van der Waals surface area contributed by atoms with Gasteiger partial charge in [0.15, 0.2) is 11.8 Å². The second kappa shape index (κ2) is 11.9. The van der Waals surface area contributed by atoms with Gasteiger partial charge in [-0.2, -0.15) is 0 Å². The largest absolute Gasteiger partial charge is 0.468 e. The van der Waals surface area contributed by atoms with E-state index in [4.69, 9.17) is 18.9 Å². The molecule has 3 aromatic rings. The summed E-state index contributed by atoms with van der Waals surface area (Å²) in [5.41, 5.74) is 2.10. The molecule has 0 saturated heterocycles. The number of nitrogens with zero attached hydrogens (tertiary/aromatic N) is 3. The van der Waals surface area contributed by atoms with Crippen LogP contribution in [0.5, 0.6) is 0 Å². The van der Waals surface area contributed by atoms with Crippen LogP contribution in [0.1, 0.15) is 34.1 Å². The van der Waals surface area contributed by atoms with Crippen LogP contribution in [-0.2, 0) is 44.7 Å². The summed E-state index contributed by atoms with van der Waals surface area (Å²) in [5, 5.41) is 8.42. The van der Waals surface area contributed by atoms with Crippen molar-refractivity contribution in [2.75, 3.05) is 28.4 Å². The SMILES string of the molecule is COC(=O)C(C(=O)OC)c1cc(C)cc(C(C(=O)OC)C(=O)OC)c1-c1cn(Cc2ccccc2)nn1. The van der Waals surface area contributed by atoms with Crippen molar-refractivity contribution >= 4 is 23.9 Å². The van der Waals surface area contributed by atoms with Gasteiger partial charge in [0, 0.05) is 5.56 Å². The van der Waals surface area contributed by atoms with Crippen LogP contribution in [-0.4, -0.2) is 67.3 Å². The van der Waals surface area contributed by atoms with Crippen molar-refractivity contribution in [3.63, 3.8) is 0 Å². The molecule has 194 valence electrons. The molecular formula is C26H27N3O8. The van der Waals surface area contributed by atoms with Crippen LogP contribution < -0.4 is 0 Å². The fraction of sp³-hybridized carbons (Fsp3) is 0.308. The van der Waals surface area contributed by atoms with Crippen LogP contribution in [0, 0.1) is 6.92 Å². The Morgan fingerprint density at radius 1 is 0.784 bits per heavy atom. The quantitative estimate of drug-likeness (QED) is 0.240. The molecule has 1 heterocycles. The number of hydrogen-bond donors (Lipinski definition) is 0. The lowest BCUT2D eigenvalue weighted by atomic mass is 9.83. The molecule has 0 amide bonds. The molecule has 0 aliphatic carbocycles. The van der Waals surface area contributed by atoms with Crippen LogP contribution in [0.2, 0.25) is 0 Å². The molecule has 0 radical (unpaired) electrons. The molecule has 11 nitrogen and oxygen atoms in total. The maximum Gasteiger partial charge on any atom is 0.324 e. The summed E-state index contributed by atoms with van der Waals surface area (Å²) >= 11 is 0. The third-order valence-electron chi connectivity index (χ3n) is 5.70. The number of hydrogen-bond acceptors (Lipinski definition) is 10. The molecule has 0 atom stereocenters. The fourth-order valence-corrected chi connectivity index (χ4v) is 4.03. The average molecular weight is 510 g/mol. The Hall–Kier alpha value is -4.54. The first kappa shape index (κ1) is 27.1. The molecule has 0 unspecified atom stereocenters. The molecule has 0 fully saturated rings. The molecule has 37 heavy (non-hydrogen) atoms. The lowest BCUT2D eigenvalue weighted by Gasteiger charge is -2.22. The lowest BCUT2D eigenvalue weighted by Crippen LogP contribution is -2.28. The van der Waals surface area contributed by atoms with E-state index in [2.05, 4.69) is 10.3 Å². The highest BCUT2D eigenvalue weighted by atomic mass is 16.5. The minimum Gasteiger partial charge on any atom is -0.468 e. The van der Waals surface area contributed by atoms with Gasteiger partial charge < -0.3 is 18.9 Å². The van der Waals surface area contributed by atoms with Gasteiger partial charge in [-0.3, -0.25) is 19.2 Å². The Kier molecular flexibility index (Phi) is 8.72. The van der Waals surface area contributed by atoms with Crippen molar-refractivity contribution in [3.8, 4) is 11.3 Å². The zero-order valence-electron chi connectivity index (χ0n) is 21.1. The normalized spacial score (nSPS) is 10.8. The highest BCUT2D eigenvalue weighted by Crippen LogP contribution is 2.38. The van der Waals surface area contributed by atoms with Gasteiger partial charge in [-0.25, -0.2) is 4.68 Å². The maximum atomic E-state index is 12.8. The lowest BCUT2D eigenvalue weighted by molar-refractivity contribution is -0.155.